The minimum atomic E-state index is -0.652. The lowest BCUT2D eigenvalue weighted by atomic mass is 9.89. The Morgan fingerprint density at radius 2 is 2.29 bits per heavy atom. The van der Waals surface area contributed by atoms with E-state index in [1.807, 2.05) is 0 Å². The molecule has 0 radical (unpaired) electrons. The van der Waals surface area contributed by atoms with Crippen LogP contribution in [0.1, 0.15) is 30.1 Å². The first-order valence-electron chi connectivity index (χ1n) is 7.85. The van der Waals surface area contributed by atoms with Crippen molar-refractivity contribution in [3.05, 3.63) is 53.4 Å². The Morgan fingerprint density at radius 1 is 1.46 bits per heavy atom. The number of rotatable bonds is 4. The van der Waals surface area contributed by atoms with E-state index in [2.05, 4.69) is 10.2 Å². The summed E-state index contributed by atoms with van der Waals surface area (Å²) in [5, 5.41) is 6.64. The van der Waals surface area contributed by atoms with Gasteiger partial charge in [0.25, 0.3) is 0 Å². The third-order valence-electron chi connectivity index (χ3n) is 4.29. The van der Waals surface area contributed by atoms with Gasteiger partial charge in [0.15, 0.2) is 0 Å². The zero-order valence-corrected chi connectivity index (χ0v) is 13.3. The molecule has 7 heteroatoms. The van der Waals surface area contributed by atoms with Crippen molar-refractivity contribution in [2.75, 3.05) is 13.7 Å². The van der Waals surface area contributed by atoms with Gasteiger partial charge in [-0.3, -0.25) is 9.89 Å². The van der Waals surface area contributed by atoms with Gasteiger partial charge in [0.2, 0.25) is 5.91 Å². The van der Waals surface area contributed by atoms with Crippen LogP contribution < -0.4 is 0 Å². The van der Waals surface area contributed by atoms with Gasteiger partial charge in [-0.25, -0.2) is 8.78 Å². The monoisotopic (exact) mass is 335 g/mol. The van der Waals surface area contributed by atoms with Gasteiger partial charge in [0, 0.05) is 43.6 Å². The Kier molecular flexibility index (Phi) is 4.89. The van der Waals surface area contributed by atoms with Crippen molar-refractivity contribution in [3.63, 3.8) is 0 Å². The minimum absolute atomic E-state index is 0.0829. The SMILES string of the molecule is CN(Cc1ccc(F)cc1F)C(=O)[C@@H]1CCCO[C@H]1c1cn[nH]c1. The van der Waals surface area contributed by atoms with E-state index in [0.717, 1.165) is 18.1 Å². The molecule has 0 saturated carbocycles. The number of aromatic nitrogens is 2. The van der Waals surface area contributed by atoms with Gasteiger partial charge >= 0.3 is 0 Å². The van der Waals surface area contributed by atoms with Crippen LogP contribution in [0.15, 0.2) is 30.6 Å². The van der Waals surface area contributed by atoms with Crippen LogP contribution in [-0.2, 0) is 16.1 Å². The Bertz CT molecular complexity index is 706. The molecule has 2 atom stereocenters. The van der Waals surface area contributed by atoms with E-state index in [-0.39, 0.29) is 30.0 Å². The summed E-state index contributed by atoms with van der Waals surface area (Å²) in [6.07, 6.45) is 4.51. The zero-order chi connectivity index (χ0) is 17.1. The molecule has 1 aromatic carbocycles. The molecule has 1 N–H and O–H groups in total. The zero-order valence-electron chi connectivity index (χ0n) is 13.3. The highest BCUT2D eigenvalue weighted by Crippen LogP contribution is 2.34. The van der Waals surface area contributed by atoms with E-state index in [1.54, 1.807) is 19.4 Å². The highest BCUT2D eigenvalue weighted by atomic mass is 19.1. The number of H-pyrrole nitrogens is 1. The Labute approximate surface area is 138 Å². The number of amides is 1. The molecule has 2 aromatic rings. The van der Waals surface area contributed by atoms with Crippen molar-refractivity contribution in [2.24, 2.45) is 5.92 Å². The van der Waals surface area contributed by atoms with Crippen molar-refractivity contribution >= 4 is 5.91 Å². The van der Waals surface area contributed by atoms with Crippen LogP contribution in [0.25, 0.3) is 0 Å². The first-order chi connectivity index (χ1) is 11.6. The molecule has 1 aliphatic rings. The van der Waals surface area contributed by atoms with E-state index in [4.69, 9.17) is 4.74 Å². The van der Waals surface area contributed by atoms with Crippen LogP contribution in [0.2, 0.25) is 0 Å². The normalized spacial score (nSPS) is 20.8. The smallest absolute Gasteiger partial charge is 0.228 e. The first kappa shape index (κ1) is 16.6. The van der Waals surface area contributed by atoms with Crippen LogP contribution >= 0.6 is 0 Å². The van der Waals surface area contributed by atoms with Crippen molar-refractivity contribution in [2.45, 2.75) is 25.5 Å². The van der Waals surface area contributed by atoms with E-state index in [9.17, 15) is 13.6 Å². The first-order valence-corrected chi connectivity index (χ1v) is 7.85. The molecule has 5 nitrogen and oxygen atoms in total. The van der Waals surface area contributed by atoms with Crippen LogP contribution in [0, 0.1) is 17.6 Å². The molecule has 1 aliphatic heterocycles. The quantitative estimate of drug-likeness (QED) is 0.935. The average molecular weight is 335 g/mol. The lowest BCUT2D eigenvalue weighted by Crippen LogP contribution is -2.38. The molecule has 3 rings (SSSR count). The molecule has 24 heavy (non-hydrogen) atoms. The van der Waals surface area contributed by atoms with Gasteiger partial charge in [0.05, 0.1) is 18.2 Å². The second-order valence-electron chi connectivity index (χ2n) is 6.00. The number of hydrogen-bond acceptors (Lipinski definition) is 3. The highest BCUT2D eigenvalue weighted by molar-refractivity contribution is 5.79. The molecule has 1 fully saturated rings. The largest absolute Gasteiger partial charge is 0.373 e. The van der Waals surface area contributed by atoms with Gasteiger partial charge in [-0.2, -0.15) is 5.10 Å². The van der Waals surface area contributed by atoms with Gasteiger partial charge in [0.1, 0.15) is 11.6 Å². The molecule has 0 unspecified atom stereocenters. The summed E-state index contributed by atoms with van der Waals surface area (Å²) in [5.41, 5.74) is 1.11. The fourth-order valence-corrected chi connectivity index (χ4v) is 3.05. The molecular weight excluding hydrogens is 316 g/mol. The summed E-state index contributed by atoms with van der Waals surface area (Å²) < 4.78 is 32.6. The molecule has 0 spiro atoms. The predicted octanol–water partition coefficient (Wildman–Crippen LogP) is 2.81. The molecule has 128 valence electrons. The summed E-state index contributed by atoms with van der Waals surface area (Å²) in [5.74, 6) is -1.75. The van der Waals surface area contributed by atoms with Crippen LogP contribution in [0.5, 0.6) is 0 Å². The molecule has 1 aromatic heterocycles. The van der Waals surface area contributed by atoms with E-state index < -0.39 is 11.6 Å². The summed E-state index contributed by atoms with van der Waals surface area (Å²) >= 11 is 0. The Balaban J connectivity index is 1.73. The van der Waals surface area contributed by atoms with Crippen LogP contribution in [0.3, 0.4) is 0 Å². The van der Waals surface area contributed by atoms with Crippen molar-refractivity contribution in [1.82, 2.24) is 15.1 Å². The molecule has 2 heterocycles. The summed E-state index contributed by atoms with van der Waals surface area (Å²) in [7, 11) is 1.62. The van der Waals surface area contributed by atoms with Crippen molar-refractivity contribution in [1.29, 1.82) is 0 Å². The lowest BCUT2D eigenvalue weighted by molar-refractivity contribution is -0.144. The fraction of sp³-hybridized carbons (Fsp3) is 0.412. The number of aromatic amines is 1. The number of ether oxygens (including phenoxy) is 1. The topological polar surface area (TPSA) is 58.2 Å². The van der Waals surface area contributed by atoms with Gasteiger partial charge in [-0.05, 0) is 18.9 Å². The second-order valence-corrected chi connectivity index (χ2v) is 6.00. The summed E-state index contributed by atoms with van der Waals surface area (Å²) in [6, 6.07) is 3.37. The van der Waals surface area contributed by atoms with Crippen molar-refractivity contribution < 1.29 is 18.3 Å². The predicted molar refractivity (Wildman–Crippen MR) is 82.8 cm³/mol. The third-order valence-corrected chi connectivity index (χ3v) is 4.29. The van der Waals surface area contributed by atoms with E-state index in [0.29, 0.717) is 13.0 Å². The molecule has 1 saturated heterocycles. The minimum Gasteiger partial charge on any atom is -0.373 e. The number of carbonyl (C=O) groups excluding carboxylic acids is 1. The Morgan fingerprint density at radius 3 is 3.00 bits per heavy atom. The van der Waals surface area contributed by atoms with Crippen molar-refractivity contribution in [3.8, 4) is 0 Å². The summed E-state index contributed by atoms with van der Waals surface area (Å²) in [4.78, 5) is 14.3. The maximum absolute atomic E-state index is 13.8. The number of nitrogens with one attached hydrogen (secondary N) is 1. The number of nitrogens with zero attached hydrogens (tertiary/aromatic N) is 2. The van der Waals surface area contributed by atoms with Crippen LogP contribution in [-0.4, -0.2) is 34.7 Å². The molecule has 0 bridgehead atoms. The maximum atomic E-state index is 13.8. The highest BCUT2D eigenvalue weighted by Gasteiger charge is 2.35. The number of hydrogen-bond donors (Lipinski definition) is 1. The standard InChI is InChI=1S/C17H19F2N3O2/c1-22(10-11-4-5-13(18)7-15(11)19)17(23)14-3-2-6-24-16(14)12-8-20-21-9-12/h4-5,7-9,14,16H,2-3,6,10H2,1H3,(H,20,21)/t14-,16+/m1/s1. The van der Waals surface area contributed by atoms with E-state index in [1.165, 1.54) is 17.0 Å². The van der Waals surface area contributed by atoms with E-state index >= 15 is 0 Å². The molecule has 1 amide bonds. The van der Waals surface area contributed by atoms with Gasteiger partial charge in [-0.1, -0.05) is 6.07 Å². The second kappa shape index (κ2) is 7.09. The number of benzene rings is 1. The van der Waals surface area contributed by atoms with Gasteiger partial charge in [-0.15, -0.1) is 0 Å². The number of halogens is 2. The molecule has 0 aliphatic carbocycles. The van der Waals surface area contributed by atoms with Gasteiger partial charge < -0.3 is 9.64 Å². The summed E-state index contributed by atoms with van der Waals surface area (Å²) in [6.45, 7) is 0.676. The third kappa shape index (κ3) is 3.46. The average Bonchev–Trinajstić information content (AvgIpc) is 3.11. The number of carbonyl (C=O) groups is 1. The Hall–Kier alpha value is -2.28. The maximum Gasteiger partial charge on any atom is 0.228 e. The van der Waals surface area contributed by atoms with Crippen LogP contribution in [0.4, 0.5) is 8.78 Å². The molecular formula is C17H19F2N3O2. The fourth-order valence-electron chi connectivity index (χ4n) is 3.05. The lowest BCUT2D eigenvalue weighted by Gasteiger charge is -2.33.